The van der Waals surface area contributed by atoms with Gasteiger partial charge in [0, 0.05) is 0 Å². The molecule has 1 aromatic rings. The lowest BCUT2D eigenvalue weighted by Gasteiger charge is -2.36. The quantitative estimate of drug-likeness (QED) is 0.871. The maximum atomic E-state index is 10.3. The van der Waals surface area contributed by atoms with Gasteiger partial charge in [-0.1, -0.05) is 44.2 Å². The molecule has 106 valence electrons. The summed E-state index contributed by atoms with van der Waals surface area (Å²) in [5.74, 6) is 1.59. The summed E-state index contributed by atoms with van der Waals surface area (Å²) in [6.45, 7) is 4.51. The minimum atomic E-state index is -0.452. The molecule has 0 spiro atoms. The van der Waals surface area contributed by atoms with Crippen molar-refractivity contribution in [3.05, 3.63) is 35.9 Å². The predicted molar refractivity (Wildman–Crippen MR) is 77.7 cm³/mol. The molecule has 19 heavy (non-hydrogen) atoms. The van der Waals surface area contributed by atoms with Crippen molar-refractivity contribution in [3.8, 4) is 0 Å². The Hall–Kier alpha value is -0.860. The van der Waals surface area contributed by atoms with E-state index in [2.05, 4.69) is 13.8 Å². The van der Waals surface area contributed by atoms with E-state index in [9.17, 15) is 10.2 Å². The number of hydrogen-bond donors (Lipinski definition) is 2. The third-order valence-corrected chi connectivity index (χ3v) is 4.64. The van der Waals surface area contributed by atoms with Gasteiger partial charge in [-0.05, 0) is 49.0 Å². The summed E-state index contributed by atoms with van der Waals surface area (Å²) in [4.78, 5) is 0. The third-order valence-electron chi connectivity index (χ3n) is 4.64. The number of rotatable bonds is 4. The minimum absolute atomic E-state index is 0.233. The van der Waals surface area contributed by atoms with E-state index in [1.807, 2.05) is 30.3 Å². The van der Waals surface area contributed by atoms with Gasteiger partial charge in [0.15, 0.2) is 0 Å². The van der Waals surface area contributed by atoms with Crippen molar-refractivity contribution < 1.29 is 10.2 Å². The van der Waals surface area contributed by atoms with E-state index in [1.165, 1.54) is 0 Å². The Balaban J connectivity index is 1.97. The topological polar surface area (TPSA) is 40.5 Å². The van der Waals surface area contributed by atoms with Gasteiger partial charge in [-0.2, -0.15) is 0 Å². The lowest BCUT2D eigenvalue weighted by molar-refractivity contribution is 0.00863. The highest BCUT2D eigenvalue weighted by atomic mass is 16.3. The molecule has 1 aromatic carbocycles. The van der Waals surface area contributed by atoms with Crippen molar-refractivity contribution in [1.82, 2.24) is 0 Å². The standard InChI is InChI=1S/C17H26O2/c1-12(2)14-8-9-16(18)15(10-14)11-17(19)13-6-4-3-5-7-13/h3-7,12,14-19H,8-11H2,1-2H3. The van der Waals surface area contributed by atoms with Gasteiger partial charge in [-0.3, -0.25) is 0 Å². The Bertz CT molecular complexity index is 374. The molecular weight excluding hydrogens is 236 g/mol. The SMILES string of the molecule is CC(C)C1CCC(O)C(CC(O)c2ccccc2)C1. The summed E-state index contributed by atoms with van der Waals surface area (Å²) in [5.41, 5.74) is 0.960. The lowest BCUT2D eigenvalue weighted by Crippen LogP contribution is -2.32. The van der Waals surface area contributed by atoms with Gasteiger partial charge >= 0.3 is 0 Å². The predicted octanol–water partition coefficient (Wildman–Crippen LogP) is 3.54. The first-order chi connectivity index (χ1) is 9.08. The fraction of sp³-hybridized carbons (Fsp3) is 0.647. The normalized spacial score (nSPS) is 29.4. The smallest absolute Gasteiger partial charge is 0.0793 e. The maximum absolute atomic E-state index is 10.3. The molecule has 0 saturated heterocycles. The Kier molecular flexibility index (Phi) is 5.00. The van der Waals surface area contributed by atoms with Crippen LogP contribution in [0, 0.1) is 17.8 Å². The second kappa shape index (κ2) is 6.53. The van der Waals surface area contributed by atoms with Crippen LogP contribution in [0.25, 0.3) is 0 Å². The van der Waals surface area contributed by atoms with Gasteiger partial charge in [0.05, 0.1) is 12.2 Å². The monoisotopic (exact) mass is 262 g/mol. The van der Waals surface area contributed by atoms with Crippen LogP contribution in [0.3, 0.4) is 0 Å². The van der Waals surface area contributed by atoms with Crippen LogP contribution in [0.15, 0.2) is 30.3 Å². The fourth-order valence-corrected chi connectivity index (χ4v) is 3.24. The van der Waals surface area contributed by atoms with Crippen LogP contribution in [-0.4, -0.2) is 16.3 Å². The van der Waals surface area contributed by atoms with Crippen LogP contribution >= 0.6 is 0 Å². The van der Waals surface area contributed by atoms with Crippen molar-refractivity contribution in [3.63, 3.8) is 0 Å². The summed E-state index contributed by atoms with van der Waals surface area (Å²) in [7, 11) is 0. The van der Waals surface area contributed by atoms with Gasteiger partial charge in [-0.25, -0.2) is 0 Å². The number of aliphatic hydroxyl groups is 2. The molecule has 2 rings (SSSR count). The van der Waals surface area contributed by atoms with E-state index in [0.29, 0.717) is 18.3 Å². The first kappa shape index (κ1) is 14.5. The number of hydrogen-bond acceptors (Lipinski definition) is 2. The Morgan fingerprint density at radius 1 is 1.16 bits per heavy atom. The zero-order chi connectivity index (χ0) is 13.8. The molecule has 0 heterocycles. The van der Waals surface area contributed by atoms with Crippen LogP contribution in [0.4, 0.5) is 0 Å². The summed E-state index contributed by atoms with van der Waals surface area (Å²) >= 11 is 0. The summed E-state index contributed by atoms with van der Waals surface area (Å²) in [5, 5.41) is 20.5. The van der Waals surface area contributed by atoms with Crippen LogP contribution in [0.1, 0.15) is 51.2 Å². The molecule has 1 fully saturated rings. The maximum Gasteiger partial charge on any atom is 0.0793 e. The largest absolute Gasteiger partial charge is 0.393 e. The van der Waals surface area contributed by atoms with Crippen molar-refractivity contribution >= 4 is 0 Å². The fourth-order valence-electron chi connectivity index (χ4n) is 3.24. The molecule has 2 heteroatoms. The van der Waals surface area contributed by atoms with Crippen molar-refractivity contribution in [2.75, 3.05) is 0 Å². The average Bonchev–Trinajstić information content (AvgIpc) is 2.42. The number of aliphatic hydroxyl groups excluding tert-OH is 2. The molecule has 4 unspecified atom stereocenters. The molecule has 0 aliphatic heterocycles. The number of benzene rings is 1. The molecule has 1 saturated carbocycles. The van der Waals surface area contributed by atoms with E-state index in [1.54, 1.807) is 0 Å². The first-order valence-electron chi connectivity index (χ1n) is 7.49. The Morgan fingerprint density at radius 2 is 1.84 bits per heavy atom. The van der Waals surface area contributed by atoms with Crippen LogP contribution in [0.2, 0.25) is 0 Å². The van der Waals surface area contributed by atoms with Crippen molar-refractivity contribution in [1.29, 1.82) is 0 Å². The second-order valence-corrected chi connectivity index (χ2v) is 6.31. The Labute approximate surface area is 116 Å². The summed E-state index contributed by atoms with van der Waals surface area (Å²) in [6, 6.07) is 9.78. The van der Waals surface area contributed by atoms with Crippen molar-refractivity contribution in [2.45, 2.75) is 51.7 Å². The molecule has 2 nitrogen and oxygen atoms in total. The molecule has 1 aliphatic rings. The first-order valence-corrected chi connectivity index (χ1v) is 7.49. The molecule has 0 radical (unpaired) electrons. The molecule has 0 bridgehead atoms. The minimum Gasteiger partial charge on any atom is -0.393 e. The zero-order valence-electron chi connectivity index (χ0n) is 12.0. The van der Waals surface area contributed by atoms with E-state index < -0.39 is 6.10 Å². The second-order valence-electron chi connectivity index (χ2n) is 6.31. The molecular formula is C17H26O2. The summed E-state index contributed by atoms with van der Waals surface area (Å²) in [6.07, 6.45) is 3.03. The Morgan fingerprint density at radius 3 is 2.47 bits per heavy atom. The van der Waals surface area contributed by atoms with Gasteiger partial charge in [0.1, 0.15) is 0 Å². The molecule has 0 amide bonds. The third kappa shape index (κ3) is 3.80. The van der Waals surface area contributed by atoms with Crippen LogP contribution in [0.5, 0.6) is 0 Å². The highest BCUT2D eigenvalue weighted by molar-refractivity contribution is 5.17. The van der Waals surface area contributed by atoms with Gasteiger partial charge in [0.25, 0.3) is 0 Å². The van der Waals surface area contributed by atoms with E-state index >= 15 is 0 Å². The molecule has 0 aromatic heterocycles. The van der Waals surface area contributed by atoms with Gasteiger partial charge in [-0.15, -0.1) is 0 Å². The lowest BCUT2D eigenvalue weighted by atomic mass is 9.72. The van der Waals surface area contributed by atoms with E-state index in [4.69, 9.17) is 0 Å². The van der Waals surface area contributed by atoms with E-state index in [0.717, 1.165) is 24.8 Å². The highest BCUT2D eigenvalue weighted by Gasteiger charge is 2.32. The average molecular weight is 262 g/mol. The van der Waals surface area contributed by atoms with Crippen LogP contribution < -0.4 is 0 Å². The zero-order valence-corrected chi connectivity index (χ0v) is 12.0. The molecule has 4 atom stereocenters. The summed E-state index contributed by atoms with van der Waals surface area (Å²) < 4.78 is 0. The van der Waals surface area contributed by atoms with Crippen LogP contribution in [-0.2, 0) is 0 Å². The highest BCUT2D eigenvalue weighted by Crippen LogP contribution is 2.38. The van der Waals surface area contributed by atoms with Gasteiger partial charge in [0.2, 0.25) is 0 Å². The molecule has 1 aliphatic carbocycles. The van der Waals surface area contributed by atoms with Gasteiger partial charge < -0.3 is 10.2 Å². The van der Waals surface area contributed by atoms with Crippen molar-refractivity contribution in [2.24, 2.45) is 17.8 Å². The van der Waals surface area contributed by atoms with E-state index in [-0.39, 0.29) is 12.0 Å². The molecule has 2 N–H and O–H groups in total.